The van der Waals surface area contributed by atoms with Crippen molar-refractivity contribution in [2.45, 2.75) is 124 Å². The summed E-state index contributed by atoms with van der Waals surface area (Å²) in [6.07, 6.45) is -2.83. The van der Waals surface area contributed by atoms with Crippen LogP contribution in [-0.4, -0.2) is 72.0 Å². The van der Waals surface area contributed by atoms with Crippen molar-refractivity contribution in [3.05, 3.63) is 0 Å². The second-order valence-electron chi connectivity index (χ2n) is 13.2. The van der Waals surface area contributed by atoms with Gasteiger partial charge in [0.25, 0.3) is 0 Å². The van der Waals surface area contributed by atoms with Gasteiger partial charge in [-0.3, -0.25) is 0 Å². The number of carbonyl (C=O) groups excluding carboxylic acids is 4. The van der Waals surface area contributed by atoms with Crippen LogP contribution in [0.15, 0.2) is 0 Å². The van der Waals surface area contributed by atoms with E-state index in [1.165, 1.54) is 0 Å². The van der Waals surface area contributed by atoms with E-state index in [0.29, 0.717) is 0 Å². The number of alkyl carbamates (subject to hydrolysis) is 4. The smallest absolute Gasteiger partial charge is 0.408 e. The van der Waals surface area contributed by atoms with Crippen LogP contribution in [-0.2, 0) is 18.9 Å². The fourth-order valence-electron chi connectivity index (χ4n) is 3.00. The van der Waals surface area contributed by atoms with Crippen LogP contribution in [0, 0.1) is 5.92 Å². The minimum absolute atomic E-state index is 0.0777. The van der Waals surface area contributed by atoms with Crippen molar-refractivity contribution in [2.75, 3.05) is 13.1 Å². The summed E-state index contributed by atoms with van der Waals surface area (Å²) in [5.74, 6) is -0.463. The topological polar surface area (TPSA) is 153 Å². The lowest BCUT2D eigenvalue weighted by molar-refractivity contribution is 0.0381. The second-order valence-corrected chi connectivity index (χ2v) is 13.2. The molecule has 0 saturated heterocycles. The van der Waals surface area contributed by atoms with E-state index in [1.807, 2.05) is 0 Å². The third-order valence-corrected chi connectivity index (χ3v) is 4.26. The SMILES string of the molecule is CC(CNC(=O)OC(C)(C)C)C(NC(=O)OC(C)(C)C)C(CNC(=O)OC(C)(C)C)NC(=O)OC(C)(C)C. The second kappa shape index (κ2) is 13.7. The zero-order chi connectivity index (χ0) is 30.1. The van der Waals surface area contributed by atoms with Gasteiger partial charge in [-0.2, -0.15) is 0 Å². The maximum absolute atomic E-state index is 12.7. The molecule has 0 radical (unpaired) electrons. The fraction of sp³-hybridized carbons (Fsp3) is 0.846. The summed E-state index contributed by atoms with van der Waals surface area (Å²) in [4.78, 5) is 50.0. The van der Waals surface area contributed by atoms with E-state index in [9.17, 15) is 19.2 Å². The van der Waals surface area contributed by atoms with Gasteiger partial charge in [-0.25, -0.2) is 19.2 Å². The molecule has 38 heavy (non-hydrogen) atoms. The molecule has 0 rings (SSSR count). The van der Waals surface area contributed by atoms with E-state index in [-0.39, 0.29) is 13.1 Å². The van der Waals surface area contributed by atoms with Crippen LogP contribution >= 0.6 is 0 Å². The van der Waals surface area contributed by atoms with Crippen molar-refractivity contribution in [1.29, 1.82) is 0 Å². The molecule has 4 amide bonds. The summed E-state index contributed by atoms with van der Waals surface area (Å²) >= 11 is 0. The van der Waals surface area contributed by atoms with Crippen LogP contribution in [0.3, 0.4) is 0 Å². The van der Waals surface area contributed by atoms with Gasteiger partial charge in [0.15, 0.2) is 0 Å². The van der Waals surface area contributed by atoms with E-state index < -0.39 is 64.8 Å². The number of hydrogen-bond donors (Lipinski definition) is 4. The van der Waals surface area contributed by atoms with Gasteiger partial charge in [-0.05, 0) is 89.0 Å². The third kappa shape index (κ3) is 18.3. The lowest BCUT2D eigenvalue weighted by atomic mass is 9.94. The highest BCUT2D eigenvalue weighted by atomic mass is 16.6. The molecule has 0 aromatic carbocycles. The standard InChI is InChI=1S/C26H50N4O8/c1-16(14-27-19(31)35-23(2,3)4)18(30-22(34)38-26(11,12)13)17(29-21(33)37-25(8,9)10)15-28-20(32)36-24(5,6)7/h16-18H,14-15H2,1-13H3,(H,27,31)(H,28,32)(H,29,33)(H,30,34). The number of amides is 4. The molecule has 0 aliphatic carbocycles. The van der Waals surface area contributed by atoms with Crippen molar-refractivity contribution in [3.63, 3.8) is 0 Å². The molecule has 222 valence electrons. The average Bonchev–Trinajstić information content (AvgIpc) is 2.62. The molecule has 12 nitrogen and oxygen atoms in total. The molecule has 12 heteroatoms. The highest BCUT2D eigenvalue weighted by Gasteiger charge is 2.34. The largest absolute Gasteiger partial charge is 0.444 e. The molecule has 0 saturated carbocycles. The predicted octanol–water partition coefficient (Wildman–Crippen LogP) is 4.46. The summed E-state index contributed by atoms with van der Waals surface area (Å²) in [6.45, 7) is 22.4. The minimum Gasteiger partial charge on any atom is -0.444 e. The summed E-state index contributed by atoms with van der Waals surface area (Å²) in [6, 6.07) is -1.69. The molecule has 0 aromatic rings. The molecule has 0 aliphatic heterocycles. The van der Waals surface area contributed by atoms with Crippen molar-refractivity contribution in [2.24, 2.45) is 5.92 Å². The Labute approximate surface area is 227 Å². The maximum Gasteiger partial charge on any atom is 0.408 e. The highest BCUT2D eigenvalue weighted by Crippen LogP contribution is 2.14. The van der Waals surface area contributed by atoms with Gasteiger partial charge in [-0.15, -0.1) is 0 Å². The number of hydrogen-bond acceptors (Lipinski definition) is 8. The molecule has 0 bridgehead atoms. The Bertz CT molecular complexity index is 804. The van der Waals surface area contributed by atoms with Gasteiger partial charge in [-0.1, -0.05) is 6.92 Å². The molecule has 4 N–H and O–H groups in total. The Morgan fingerprint density at radius 1 is 0.526 bits per heavy atom. The summed E-state index contributed by atoms with van der Waals surface area (Å²) < 4.78 is 21.4. The van der Waals surface area contributed by atoms with Gasteiger partial charge >= 0.3 is 24.4 Å². The number of ether oxygens (including phenoxy) is 4. The van der Waals surface area contributed by atoms with Crippen molar-refractivity contribution in [3.8, 4) is 0 Å². The van der Waals surface area contributed by atoms with Crippen LogP contribution in [0.4, 0.5) is 19.2 Å². The normalized spacial score (nSPS) is 14.8. The number of rotatable bonds is 8. The Morgan fingerprint density at radius 3 is 1.21 bits per heavy atom. The lowest BCUT2D eigenvalue weighted by Gasteiger charge is -2.34. The van der Waals surface area contributed by atoms with Crippen LogP contribution in [0.5, 0.6) is 0 Å². The summed E-state index contributed by atoms with van der Waals surface area (Å²) in [5.41, 5.74) is -3.00. The van der Waals surface area contributed by atoms with Crippen LogP contribution in [0.1, 0.15) is 90.0 Å². The van der Waals surface area contributed by atoms with Crippen LogP contribution in [0.2, 0.25) is 0 Å². The average molecular weight is 547 g/mol. The van der Waals surface area contributed by atoms with E-state index in [4.69, 9.17) is 18.9 Å². The van der Waals surface area contributed by atoms with Gasteiger partial charge in [0.05, 0.1) is 12.1 Å². The Morgan fingerprint density at radius 2 is 0.842 bits per heavy atom. The Hall–Kier alpha value is -2.92. The molecular weight excluding hydrogens is 496 g/mol. The van der Waals surface area contributed by atoms with E-state index in [0.717, 1.165) is 0 Å². The molecule has 0 aliphatic rings. The minimum atomic E-state index is -0.875. The van der Waals surface area contributed by atoms with Crippen molar-refractivity contribution in [1.82, 2.24) is 21.3 Å². The van der Waals surface area contributed by atoms with Gasteiger partial charge < -0.3 is 40.2 Å². The van der Waals surface area contributed by atoms with Gasteiger partial charge in [0, 0.05) is 13.1 Å². The first-order chi connectivity index (χ1) is 16.9. The molecule has 3 unspecified atom stereocenters. The predicted molar refractivity (Wildman–Crippen MR) is 144 cm³/mol. The zero-order valence-corrected chi connectivity index (χ0v) is 25.4. The quantitative estimate of drug-likeness (QED) is 0.326. The third-order valence-electron chi connectivity index (χ3n) is 4.26. The van der Waals surface area contributed by atoms with Crippen molar-refractivity contribution < 1.29 is 38.1 Å². The molecule has 0 heterocycles. The lowest BCUT2D eigenvalue weighted by Crippen LogP contribution is -2.61. The van der Waals surface area contributed by atoms with Crippen molar-refractivity contribution >= 4 is 24.4 Å². The molecule has 3 atom stereocenters. The van der Waals surface area contributed by atoms with Crippen LogP contribution < -0.4 is 21.3 Å². The fourth-order valence-corrected chi connectivity index (χ4v) is 3.00. The number of carbonyl (C=O) groups is 4. The first kappa shape index (κ1) is 35.1. The van der Waals surface area contributed by atoms with E-state index in [2.05, 4.69) is 21.3 Å². The molecule has 0 fully saturated rings. The highest BCUT2D eigenvalue weighted by molar-refractivity contribution is 5.71. The number of nitrogens with one attached hydrogen (secondary N) is 4. The maximum atomic E-state index is 12.7. The zero-order valence-electron chi connectivity index (χ0n) is 25.4. The first-order valence-corrected chi connectivity index (χ1v) is 12.8. The summed E-state index contributed by atoms with van der Waals surface area (Å²) in [7, 11) is 0. The molecule has 0 spiro atoms. The monoisotopic (exact) mass is 546 g/mol. The Balaban J connectivity index is 5.97. The summed E-state index contributed by atoms with van der Waals surface area (Å²) in [5, 5.41) is 10.8. The Kier molecular flexibility index (Phi) is 12.7. The van der Waals surface area contributed by atoms with Gasteiger partial charge in [0.2, 0.25) is 0 Å². The first-order valence-electron chi connectivity index (χ1n) is 12.8. The van der Waals surface area contributed by atoms with Gasteiger partial charge in [0.1, 0.15) is 22.4 Å². The molecular formula is C26H50N4O8. The van der Waals surface area contributed by atoms with E-state index >= 15 is 0 Å². The van der Waals surface area contributed by atoms with Crippen LogP contribution in [0.25, 0.3) is 0 Å². The molecule has 0 aromatic heterocycles. The van der Waals surface area contributed by atoms with E-state index in [1.54, 1.807) is 90.0 Å².